The molecule has 3 rings (SSSR count). The SMILES string of the molecule is O=S1(=O)CCc2nc(N3CCCNCC3)ncc2C1. The van der Waals surface area contributed by atoms with Gasteiger partial charge in [-0.1, -0.05) is 0 Å². The topological polar surface area (TPSA) is 75.2 Å². The second-order valence-corrected chi connectivity index (χ2v) is 7.26. The van der Waals surface area contributed by atoms with Crippen LogP contribution in [0.4, 0.5) is 5.95 Å². The Hall–Kier alpha value is -1.21. The van der Waals surface area contributed by atoms with Crippen LogP contribution < -0.4 is 10.2 Å². The number of anilines is 1. The average molecular weight is 282 g/mol. The molecule has 1 N–H and O–H groups in total. The van der Waals surface area contributed by atoms with E-state index < -0.39 is 9.84 Å². The molecule has 7 heteroatoms. The molecule has 0 atom stereocenters. The molecule has 0 radical (unpaired) electrons. The summed E-state index contributed by atoms with van der Waals surface area (Å²) in [4.78, 5) is 11.1. The van der Waals surface area contributed by atoms with Crippen molar-refractivity contribution in [1.82, 2.24) is 15.3 Å². The van der Waals surface area contributed by atoms with Crippen molar-refractivity contribution in [2.45, 2.75) is 18.6 Å². The predicted molar refractivity (Wildman–Crippen MR) is 72.9 cm³/mol. The zero-order chi connectivity index (χ0) is 13.3. The van der Waals surface area contributed by atoms with Crippen LogP contribution in [0.1, 0.15) is 17.7 Å². The number of rotatable bonds is 1. The zero-order valence-electron chi connectivity index (χ0n) is 10.8. The maximum atomic E-state index is 11.6. The lowest BCUT2D eigenvalue weighted by molar-refractivity contribution is 0.590. The van der Waals surface area contributed by atoms with E-state index in [1.54, 1.807) is 6.20 Å². The van der Waals surface area contributed by atoms with Gasteiger partial charge in [0.05, 0.1) is 17.2 Å². The van der Waals surface area contributed by atoms with E-state index in [4.69, 9.17) is 0 Å². The van der Waals surface area contributed by atoms with Gasteiger partial charge in [-0.05, 0) is 13.0 Å². The Kier molecular flexibility index (Phi) is 3.40. The van der Waals surface area contributed by atoms with Crippen LogP contribution in [-0.2, 0) is 22.0 Å². The number of aryl methyl sites for hydroxylation is 1. The van der Waals surface area contributed by atoms with Crippen LogP contribution in [0, 0.1) is 0 Å². The van der Waals surface area contributed by atoms with Crippen molar-refractivity contribution in [2.75, 3.05) is 36.8 Å². The van der Waals surface area contributed by atoms with Crippen molar-refractivity contribution in [2.24, 2.45) is 0 Å². The Bertz CT molecular complexity index is 565. The normalized spacial score (nSPS) is 22.6. The lowest BCUT2D eigenvalue weighted by atomic mass is 10.2. The molecule has 0 saturated carbocycles. The van der Waals surface area contributed by atoms with Gasteiger partial charge in [-0.25, -0.2) is 18.4 Å². The standard InChI is InChI=1S/C12H18N4O2S/c17-19(18)7-2-11-10(9-19)8-14-12(15-11)16-5-1-3-13-4-6-16/h8,13H,1-7,9H2. The molecule has 1 aromatic heterocycles. The van der Waals surface area contributed by atoms with Crippen molar-refractivity contribution < 1.29 is 8.42 Å². The van der Waals surface area contributed by atoms with Gasteiger partial charge in [0.1, 0.15) is 0 Å². The van der Waals surface area contributed by atoms with Crippen LogP contribution in [0.2, 0.25) is 0 Å². The maximum Gasteiger partial charge on any atom is 0.225 e. The van der Waals surface area contributed by atoms with E-state index in [1.165, 1.54) is 0 Å². The molecule has 0 unspecified atom stereocenters. The van der Waals surface area contributed by atoms with E-state index in [0.29, 0.717) is 6.42 Å². The summed E-state index contributed by atoms with van der Waals surface area (Å²) in [5, 5.41) is 3.34. The van der Waals surface area contributed by atoms with Gasteiger partial charge < -0.3 is 10.2 Å². The minimum Gasteiger partial charge on any atom is -0.339 e. The molecule has 1 fully saturated rings. The smallest absolute Gasteiger partial charge is 0.225 e. The number of nitrogens with zero attached hydrogens (tertiary/aromatic N) is 3. The molecule has 0 bridgehead atoms. The molecule has 1 saturated heterocycles. The van der Waals surface area contributed by atoms with Gasteiger partial charge in [-0.2, -0.15) is 0 Å². The van der Waals surface area contributed by atoms with Gasteiger partial charge in [0.2, 0.25) is 5.95 Å². The van der Waals surface area contributed by atoms with E-state index in [-0.39, 0.29) is 11.5 Å². The van der Waals surface area contributed by atoms with Gasteiger partial charge in [0.15, 0.2) is 9.84 Å². The molecule has 0 aromatic carbocycles. The van der Waals surface area contributed by atoms with Crippen molar-refractivity contribution in [1.29, 1.82) is 0 Å². The summed E-state index contributed by atoms with van der Waals surface area (Å²) in [6.07, 6.45) is 3.28. The Morgan fingerprint density at radius 3 is 3.05 bits per heavy atom. The molecule has 0 spiro atoms. The first-order valence-corrected chi connectivity index (χ1v) is 8.47. The highest BCUT2D eigenvalue weighted by atomic mass is 32.2. The van der Waals surface area contributed by atoms with Gasteiger partial charge >= 0.3 is 0 Å². The molecule has 104 valence electrons. The van der Waals surface area contributed by atoms with Crippen molar-refractivity contribution >= 4 is 15.8 Å². The minimum absolute atomic E-state index is 0.0875. The predicted octanol–water partition coefficient (Wildman–Crippen LogP) is -0.253. The summed E-state index contributed by atoms with van der Waals surface area (Å²) >= 11 is 0. The summed E-state index contributed by atoms with van der Waals surface area (Å²) in [7, 11) is -2.94. The second-order valence-electron chi connectivity index (χ2n) is 5.07. The summed E-state index contributed by atoms with van der Waals surface area (Å²) in [5.41, 5.74) is 1.67. The van der Waals surface area contributed by atoms with Crippen molar-refractivity contribution in [3.63, 3.8) is 0 Å². The second kappa shape index (κ2) is 5.05. The van der Waals surface area contributed by atoms with E-state index in [0.717, 1.165) is 49.8 Å². The number of sulfone groups is 1. The van der Waals surface area contributed by atoms with Gasteiger partial charge in [-0.15, -0.1) is 0 Å². The monoisotopic (exact) mass is 282 g/mol. The minimum atomic E-state index is -2.94. The molecule has 3 heterocycles. The van der Waals surface area contributed by atoms with Gasteiger partial charge in [-0.3, -0.25) is 0 Å². The molecule has 0 aliphatic carbocycles. The fraction of sp³-hybridized carbons (Fsp3) is 0.667. The molecule has 1 aromatic rings. The highest BCUT2D eigenvalue weighted by Gasteiger charge is 2.24. The maximum absolute atomic E-state index is 11.6. The highest BCUT2D eigenvalue weighted by Crippen LogP contribution is 2.20. The highest BCUT2D eigenvalue weighted by molar-refractivity contribution is 7.90. The third-order valence-electron chi connectivity index (χ3n) is 3.59. The molecular formula is C12H18N4O2S. The summed E-state index contributed by atoms with van der Waals surface area (Å²) in [6.45, 7) is 3.82. The number of hydrogen-bond donors (Lipinski definition) is 1. The molecular weight excluding hydrogens is 264 g/mol. The van der Waals surface area contributed by atoms with Gasteiger partial charge in [0.25, 0.3) is 0 Å². The summed E-state index contributed by atoms with van der Waals surface area (Å²) < 4.78 is 23.1. The largest absolute Gasteiger partial charge is 0.339 e. The third kappa shape index (κ3) is 2.87. The van der Waals surface area contributed by atoms with Crippen LogP contribution >= 0.6 is 0 Å². The fourth-order valence-corrected chi connectivity index (χ4v) is 3.89. The lowest BCUT2D eigenvalue weighted by Crippen LogP contribution is -2.30. The first kappa shape index (κ1) is 12.8. The van der Waals surface area contributed by atoms with Gasteiger partial charge in [0, 0.05) is 37.8 Å². The first-order chi connectivity index (χ1) is 9.14. The van der Waals surface area contributed by atoms with E-state index in [1.807, 2.05) is 0 Å². The Labute approximate surface area is 113 Å². The Balaban J connectivity index is 1.85. The van der Waals surface area contributed by atoms with Crippen LogP contribution in [0.15, 0.2) is 6.20 Å². The van der Waals surface area contributed by atoms with Crippen LogP contribution in [0.5, 0.6) is 0 Å². The molecule has 2 aliphatic heterocycles. The van der Waals surface area contributed by atoms with Crippen LogP contribution in [0.25, 0.3) is 0 Å². The Morgan fingerprint density at radius 2 is 2.16 bits per heavy atom. The number of fused-ring (bicyclic) bond motifs is 1. The lowest BCUT2D eigenvalue weighted by Gasteiger charge is -2.22. The summed E-state index contributed by atoms with van der Waals surface area (Å²) in [6, 6.07) is 0. The summed E-state index contributed by atoms with van der Waals surface area (Å²) in [5.74, 6) is 1.03. The molecule has 19 heavy (non-hydrogen) atoms. The van der Waals surface area contributed by atoms with E-state index >= 15 is 0 Å². The fourth-order valence-electron chi connectivity index (χ4n) is 2.53. The molecule has 2 aliphatic rings. The van der Waals surface area contributed by atoms with Crippen LogP contribution in [-0.4, -0.2) is 50.3 Å². The van der Waals surface area contributed by atoms with E-state index in [2.05, 4.69) is 20.2 Å². The third-order valence-corrected chi connectivity index (χ3v) is 5.17. The van der Waals surface area contributed by atoms with Crippen molar-refractivity contribution in [3.8, 4) is 0 Å². The molecule has 6 nitrogen and oxygen atoms in total. The quantitative estimate of drug-likeness (QED) is 0.765. The zero-order valence-corrected chi connectivity index (χ0v) is 11.6. The van der Waals surface area contributed by atoms with Crippen molar-refractivity contribution in [3.05, 3.63) is 17.5 Å². The van der Waals surface area contributed by atoms with E-state index in [9.17, 15) is 8.42 Å². The first-order valence-electron chi connectivity index (χ1n) is 6.65. The molecule has 0 amide bonds. The number of nitrogens with one attached hydrogen (secondary N) is 1. The average Bonchev–Trinajstić information content (AvgIpc) is 2.66. The number of hydrogen-bond acceptors (Lipinski definition) is 6. The number of aromatic nitrogens is 2. The Morgan fingerprint density at radius 1 is 1.26 bits per heavy atom. The van der Waals surface area contributed by atoms with Crippen LogP contribution in [0.3, 0.4) is 0 Å².